The van der Waals surface area contributed by atoms with Gasteiger partial charge in [-0.05, 0) is 25.1 Å². The summed E-state index contributed by atoms with van der Waals surface area (Å²) in [6.07, 6.45) is 1.07. The summed E-state index contributed by atoms with van der Waals surface area (Å²) < 4.78 is 46.4. The first kappa shape index (κ1) is 22.0. The number of benzene rings is 1. The average Bonchev–Trinajstić information content (AvgIpc) is 3.10. The summed E-state index contributed by atoms with van der Waals surface area (Å²) in [6.45, 7) is 2.19. The van der Waals surface area contributed by atoms with Crippen molar-refractivity contribution in [3.63, 3.8) is 0 Å². The van der Waals surface area contributed by atoms with E-state index in [0.29, 0.717) is 21.4 Å². The second-order valence-corrected chi connectivity index (χ2v) is 8.88. The number of nitrogens with one attached hydrogen (secondary N) is 3. The van der Waals surface area contributed by atoms with E-state index in [4.69, 9.17) is 4.74 Å². The zero-order chi connectivity index (χ0) is 21.7. The summed E-state index contributed by atoms with van der Waals surface area (Å²) in [6, 6.07) is 6.16. The van der Waals surface area contributed by atoms with Crippen molar-refractivity contribution in [2.75, 3.05) is 37.9 Å². The number of rotatable bonds is 9. The van der Waals surface area contributed by atoms with E-state index in [1.54, 1.807) is 26.1 Å². The number of sulfonamides is 1. The molecule has 0 fully saturated rings. The second-order valence-electron chi connectivity index (χ2n) is 6.12. The molecule has 0 aliphatic carbocycles. The van der Waals surface area contributed by atoms with Crippen LogP contribution in [-0.4, -0.2) is 50.7 Å². The summed E-state index contributed by atoms with van der Waals surface area (Å²) >= 11 is 1.28. The Morgan fingerprint density at radius 3 is 2.77 bits per heavy atom. The van der Waals surface area contributed by atoms with Crippen molar-refractivity contribution in [2.45, 2.75) is 11.8 Å². The number of ether oxygens (including phenoxy) is 1. The van der Waals surface area contributed by atoms with Gasteiger partial charge < -0.3 is 15.4 Å². The number of thiazole rings is 1. The molecule has 0 amide bonds. The minimum absolute atomic E-state index is 0.0721. The average molecular weight is 453 g/mol. The molecule has 0 unspecified atom stereocenters. The molecule has 3 aromatic rings. The van der Waals surface area contributed by atoms with Crippen LogP contribution in [0.4, 0.5) is 21.2 Å². The number of methoxy groups -OCH3 is 1. The molecule has 30 heavy (non-hydrogen) atoms. The van der Waals surface area contributed by atoms with Crippen LogP contribution in [0.25, 0.3) is 10.6 Å². The summed E-state index contributed by atoms with van der Waals surface area (Å²) in [5.41, 5.74) is 1.20. The Bertz CT molecular complexity index is 1140. The van der Waals surface area contributed by atoms with E-state index in [-0.39, 0.29) is 29.7 Å². The van der Waals surface area contributed by atoms with Crippen molar-refractivity contribution in [1.82, 2.24) is 19.7 Å². The van der Waals surface area contributed by atoms with Gasteiger partial charge >= 0.3 is 0 Å². The molecular formula is C18H21FN6O3S2. The van der Waals surface area contributed by atoms with E-state index >= 15 is 0 Å². The van der Waals surface area contributed by atoms with E-state index < -0.39 is 15.8 Å². The fraction of sp³-hybridized carbons (Fsp3) is 0.278. The fourth-order valence-electron chi connectivity index (χ4n) is 2.54. The maximum Gasteiger partial charge on any atom is 0.240 e. The van der Waals surface area contributed by atoms with Gasteiger partial charge in [0.05, 0.1) is 28.3 Å². The lowest BCUT2D eigenvalue weighted by Gasteiger charge is -2.10. The molecule has 0 bridgehead atoms. The lowest BCUT2D eigenvalue weighted by molar-refractivity contribution is 0.204. The highest BCUT2D eigenvalue weighted by Crippen LogP contribution is 2.33. The Morgan fingerprint density at radius 2 is 2.07 bits per heavy atom. The van der Waals surface area contributed by atoms with Crippen molar-refractivity contribution < 1.29 is 17.5 Å². The Hall–Kier alpha value is -2.67. The van der Waals surface area contributed by atoms with Crippen LogP contribution in [0.1, 0.15) is 5.69 Å². The molecule has 160 valence electrons. The molecule has 0 aliphatic heterocycles. The lowest BCUT2D eigenvalue weighted by atomic mass is 10.3. The predicted octanol–water partition coefficient (Wildman–Crippen LogP) is 2.76. The molecule has 0 saturated heterocycles. The van der Waals surface area contributed by atoms with Crippen molar-refractivity contribution >= 4 is 38.1 Å². The molecule has 12 heteroatoms. The fourth-order valence-corrected chi connectivity index (χ4v) is 4.51. The highest BCUT2D eigenvalue weighted by Gasteiger charge is 2.17. The molecule has 0 atom stereocenters. The van der Waals surface area contributed by atoms with Gasteiger partial charge in [-0.1, -0.05) is 17.4 Å². The largest absolute Gasteiger partial charge is 0.383 e. The Kier molecular flexibility index (Phi) is 6.92. The number of hydrogen-bond donors (Lipinski definition) is 3. The SMILES string of the molecule is CNc1nc(C)c(-c2nc(Nc3cccc(S(=O)(=O)NCCOC)c3)ncc2F)s1. The number of aryl methyl sites for hydroxylation is 1. The maximum atomic E-state index is 14.4. The summed E-state index contributed by atoms with van der Waals surface area (Å²) in [5.74, 6) is -0.444. The third-order valence-corrected chi connectivity index (χ3v) is 6.61. The van der Waals surface area contributed by atoms with E-state index in [2.05, 4.69) is 30.3 Å². The summed E-state index contributed by atoms with van der Waals surface area (Å²) in [5, 5.41) is 6.50. The minimum Gasteiger partial charge on any atom is -0.383 e. The molecule has 2 heterocycles. The molecule has 2 aromatic heterocycles. The van der Waals surface area contributed by atoms with Crippen LogP contribution in [0.3, 0.4) is 0 Å². The van der Waals surface area contributed by atoms with Gasteiger partial charge in [-0.15, -0.1) is 0 Å². The first-order chi connectivity index (χ1) is 14.3. The number of hydrogen-bond acceptors (Lipinski definition) is 9. The van der Waals surface area contributed by atoms with Gasteiger partial charge in [0.2, 0.25) is 16.0 Å². The quantitative estimate of drug-likeness (QED) is 0.424. The molecule has 0 radical (unpaired) electrons. The molecule has 0 aliphatic rings. The Balaban J connectivity index is 1.86. The van der Waals surface area contributed by atoms with Gasteiger partial charge in [0, 0.05) is 26.4 Å². The summed E-state index contributed by atoms with van der Waals surface area (Å²) in [7, 11) is -0.473. The van der Waals surface area contributed by atoms with Crippen LogP contribution in [0.15, 0.2) is 35.4 Å². The van der Waals surface area contributed by atoms with Crippen LogP contribution in [0, 0.1) is 12.7 Å². The van der Waals surface area contributed by atoms with Crippen molar-refractivity contribution in [3.8, 4) is 10.6 Å². The van der Waals surface area contributed by atoms with E-state index in [9.17, 15) is 12.8 Å². The molecule has 9 nitrogen and oxygen atoms in total. The first-order valence-corrected chi connectivity index (χ1v) is 11.2. The number of aromatic nitrogens is 3. The van der Waals surface area contributed by atoms with Gasteiger partial charge in [-0.3, -0.25) is 0 Å². The third-order valence-electron chi connectivity index (χ3n) is 3.97. The zero-order valence-corrected chi connectivity index (χ0v) is 18.2. The molecule has 3 rings (SSSR count). The van der Waals surface area contributed by atoms with Crippen LogP contribution in [0.5, 0.6) is 0 Å². The van der Waals surface area contributed by atoms with Crippen LogP contribution in [0.2, 0.25) is 0 Å². The van der Waals surface area contributed by atoms with Gasteiger partial charge in [-0.2, -0.15) is 0 Å². The highest BCUT2D eigenvalue weighted by molar-refractivity contribution is 7.89. The summed E-state index contributed by atoms with van der Waals surface area (Å²) in [4.78, 5) is 13.2. The van der Waals surface area contributed by atoms with Crippen LogP contribution < -0.4 is 15.4 Å². The smallest absolute Gasteiger partial charge is 0.240 e. The highest BCUT2D eigenvalue weighted by atomic mass is 32.2. The normalized spacial score (nSPS) is 11.5. The van der Waals surface area contributed by atoms with E-state index in [1.165, 1.54) is 30.6 Å². The maximum absolute atomic E-state index is 14.4. The van der Waals surface area contributed by atoms with Gasteiger partial charge in [-0.25, -0.2) is 32.5 Å². The van der Waals surface area contributed by atoms with E-state index in [0.717, 1.165) is 6.20 Å². The van der Waals surface area contributed by atoms with Crippen molar-refractivity contribution in [3.05, 3.63) is 42.0 Å². The topological polar surface area (TPSA) is 118 Å². The Morgan fingerprint density at radius 1 is 1.27 bits per heavy atom. The molecule has 0 spiro atoms. The molecular weight excluding hydrogens is 431 g/mol. The number of nitrogens with zero attached hydrogens (tertiary/aromatic N) is 3. The number of halogens is 1. The second kappa shape index (κ2) is 9.43. The standard InChI is InChI=1S/C18H21FN6O3S2/c1-11-16(29-18(20-2)23-11)15-14(19)10-21-17(25-15)24-12-5-4-6-13(9-12)30(26,27)22-7-8-28-3/h4-6,9-10,22H,7-8H2,1-3H3,(H,20,23)(H,21,24,25). The minimum atomic E-state index is -3.70. The van der Waals surface area contributed by atoms with Crippen LogP contribution >= 0.6 is 11.3 Å². The molecule has 3 N–H and O–H groups in total. The van der Waals surface area contributed by atoms with Crippen molar-refractivity contribution in [2.24, 2.45) is 0 Å². The van der Waals surface area contributed by atoms with Gasteiger partial charge in [0.25, 0.3) is 0 Å². The monoisotopic (exact) mass is 452 g/mol. The third kappa shape index (κ3) is 5.08. The zero-order valence-electron chi connectivity index (χ0n) is 16.6. The van der Waals surface area contributed by atoms with Gasteiger partial charge in [0.15, 0.2) is 10.9 Å². The van der Waals surface area contributed by atoms with Crippen molar-refractivity contribution in [1.29, 1.82) is 0 Å². The Labute approximate surface area is 177 Å². The van der Waals surface area contributed by atoms with Crippen LogP contribution in [-0.2, 0) is 14.8 Å². The first-order valence-electron chi connectivity index (χ1n) is 8.88. The lowest BCUT2D eigenvalue weighted by Crippen LogP contribution is -2.27. The number of anilines is 3. The van der Waals surface area contributed by atoms with E-state index in [1.807, 2.05) is 0 Å². The van der Waals surface area contributed by atoms with Gasteiger partial charge in [0.1, 0.15) is 5.69 Å². The molecule has 0 saturated carbocycles. The predicted molar refractivity (Wildman–Crippen MR) is 114 cm³/mol. The molecule has 1 aromatic carbocycles.